The summed E-state index contributed by atoms with van der Waals surface area (Å²) < 4.78 is 0. The Hall–Kier alpha value is -2.60. The summed E-state index contributed by atoms with van der Waals surface area (Å²) in [7, 11) is 0. The van der Waals surface area contributed by atoms with Crippen LogP contribution in [-0.4, -0.2) is 28.5 Å². The Morgan fingerprint density at radius 1 is 1.04 bits per heavy atom. The van der Waals surface area contributed by atoms with Crippen LogP contribution < -0.4 is 5.32 Å². The van der Waals surface area contributed by atoms with Crippen molar-refractivity contribution in [2.75, 3.05) is 11.2 Å². The van der Waals surface area contributed by atoms with Gasteiger partial charge in [0.15, 0.2) is 0 Å². The van der Waals surface area contributed by atoms with Gasteiger partial charge in [0.1, 0.15) is 0 Å². The fourth-order valence-electron chi connectivity index (χ4n) is 2.75. The number of hydrogen-bond donors (Lipinski definition) is 1. The Balaban J connectivity index is 1.43. The first-order valence-electron chi connectivity index (χ1n) is 8.12. The smallest absolute Gasteiger partial charge is 0.262 e. The van der Waals surface area contributed by atoms with E-state index in [0.29, 0.717) is 11.1 Å². The Labute approximate surface area is 149 Å². The third-order valence-electron chi connectivity index (χ3n) is 4.29. The minimum absolute atomic E-state index is 0.0579. The highest BCUT2D eigenvalue weighted by Crippen LogP contribution is 2.31. The summed E-state index contributed by atoms with van der Waals surface area (Å²) in [5.41, 5.74) is 1.65. The number of anilines is 1. The van der Waals surface area contributed by atoms with Crippen molar-refractivity contribution in [1.29, 1.82) is 0 Å². The first kappa shape index (κ1) is 15.9. The van der Waals surface area contributed by atoms with E-state index < -0.39 is 0 Å². The van der Waals surface area contributed by atoms with E-state index in [-0.39, 0.29) is 29.5 Å². The summed E-state index contributed by atoms with van der Waals surface area (Å²) >= 11 is 1.39. The van der Waals surface area contributed by atoms with Crippen LogP contribution in [0.1, 0.15) is 33.6 Å². The topological polar surface area (TPSA) is 66.5 Å². The van der Waals surface area contributed by atoms with E-state index in [2.05, 4.69) is 5.32 Å². The van der Waals surface area contributed by atoms with Gasteiger partial charge in [-0.25, -0.2) is 0 Å². The van der Waals surface area contributed by atoms with E-state index in [1.54, 1.807) is 24.3 Å². The van der Waals surface area contributed by atoms with Gasteiger partial charge in [-0.1, -0.05) is 18.2 Å². The van der Waals surface area contributed by atoms with Crippen molar-refractivity contribution in [2.24, 2.45) is 5.92 Å². The molecule has 5 nitrogen and oxygen atoms in total. The average Bonchev–Trinajstić information content (AvgIpc) is 3.44. The van der Waals surface area contributed by atoms with Crippen molar-refractivity contribution in [3.05, 3.63) is 59.7 Å². The number of fused-ring (bicyclic) bond motifs is 1. The molecule has 0 radical (unpaired) electrons. The molecule has 0 unspecified atom stereocenters. The van der Waals surface area contributed by atoms with Gasteiger partial charge in [0.25, 0.3) is 11.8 Å². The number of hydrogen-bond acceptors (Lipinski definition) is 4. The van der Waals surface area contributed by atoms with E-state index in [9.17, 15) is 14.4 Å². The lowest BCUT2D eigenvalue weighted by Crippen LogP contribution is -2.29. The van der Waals surface area contributed by atoms with Crippen LogP contribution in [0.4, 0.5) is 5.69 Å². The molecule has 2 aromatic rings. The molecule has 0 saturated heterocycles. The maximum absolute atomic E-state index is 12.4. The highest BCUT2D eigenvalue weighted by atomic mass is 32.2. The number of carbonyl (C=O) groups is 3. The number of rotatable bonds is 5. The molecular weight excluding hydrogens is 336 g/mol. The van der Waals surface area contributed by atoms with Crippen LogP contribution in [0, 0.1) is 5.92 Å². The summed E-state index contributed by atoms with van der Waals surface area (Å²) in [6, 6.07) is 14.3. The summed E-state index contributed by atoms with van der Waals surface area (Å²) in [5, 5.41) is 2.90. The van der Waals surface area contributed by atoms with E-state index in [1.807, 2.05) is 24.3 Å². The third-order valence-corrected chi connectivity index (χ3v) is 5.26. The second-order valence-electron chi connectivity index (χ2n) is 6.15. The maximum atomic E-state index is 12.4. The minimum Gasteiger partial charge on any atom is -0.326 e. The Kier molecular flexibility index (Phi) is 4.05. The van der Waals surface area contributed by atoms with Crippen LogP contribution in [0.5, 0.6) is 0 Å². The fraction of sp³-hybridized carbons (Fsp3) is 0.211. The van der Waals surface area contributed by atoms with E-state index in [4.69, 9.17) is 0 Å². The van der Waals surface area contributed by atoms with Gasteiger partial charge in [-0.2, -0.15) is 0 Å². The molecular formula is C19H16N2O3S. The second kappa shape index (κ2) is 6.37. The van der Waals surface area contributed by atoms with Gasteiger partial charge in [-0.3, -0.25) is 19.3 Å². The molecule has 2 aliphatic rings. The molecule has 0 atom stereocenters. The van der Waals surface area contributed by atoms with Crippen LogP contribution >= 0.6 is 11.8 Å². The van der Waals surface area contributed by atoms with Gasteiger partial charge >= 0.3 is 0 Å². The first-order chi connectivity index (χ1) is 12.1. The van der Waals surface area contributed by atoms with Gasteiger partial charge in [-0.15, -0.1) is 11.8 Å². The third kappa shape index (κ3) is 3.17. The lowest BCUT2D eigenvalue weighted by molar-refractivity contribution is -0.117. The van der Waals surface area contributed by atoms with Gasteiger partial charge in [-0.05, 0) is 43.2 Å². The van der Waals surface area contributed by atoms with Crippen molar-refractivity contribution in [2.45, 2.75) is 17.7 Å². The lowest BCUT2D eigenvalue weighted by atomic mass is 10.1. The predicted octanol–water partition coefficient (Wildman–Crippen LogP) is 3.38. The first-order valence-corrected chi connectivity index (χ1v) is 9.11. The SMILES string of the molecule is O=C(Nc1cccc(SCN2C(=O)c3ccccc3C2=O)c1)C1CC1. The largest absolute Gasteiger partial charge is 0.326 e. The Morgan fingerprint density at radius 2 is 1.72 bits per heavy atom. The number of benzene rings is 2. The van der Waals surface area contributed by atoms with Crippen LogP contribution in [0.3, 0.4) is 0 Å². The zero-order chi connectivity index (χ0) is 17.4. The van der Waals surface area contributed by atoms with E-state index in [0.717, 1.165) is 23.4 Å². The molecule has 0 bridgehead atoms. The quantitative estimate of drug-likeness (QED) is 0.662. The number of nitrogens with zero attached hydrogens (tertiary/aromatic N) is 1. The maximum Gasteiger partial charge on any atom is 0.262 e. The number of thioether (sulfide) groups is 1. The summed E-state index contributed by atoms with van der Waals surface area (Å²) in [6.45, 7) is 0. The van der Waals surface area contributed by atoms with E-state index >= 15 is 0 Å². The standard InChI is InChI=1S/C19H16N2O3S/c22-17(12-8-9-12)20-13-4-3-5-14(10-13)25-11-21-18(23)15-6-1-2-7-16(15)19(21)24/h1-7,10,12H,8-9,11H2,(H,20,22). The van der Waals surface area contributed by atoms with E-state index in [1.165, 1.54) is 16.7 Å². The molecule has 1 aliphatic heterocycles. The van der Waals surface area contributed by atoms with Gasteiger partial charge in [0.05, 0.1) is 17.0 Å². The lowest BCUT2D eigenvalue weighted by Gasteiger charge is -2.13. The van der Waals surface area contributed by atoms with Crippen LogP contribution in [0.25, 0.3) is 0 Å². The molecule has 3 amide bonds. The monoisotopic (exact) mass is 352 g/mol. The van der Waals surface area contributed by atoms with Gasteiger partial charge in [0.2, 0.25) is 5.91 Å². The molecule has 25 heavy (non-hydrogen) atoms. The second-order valence-corrected chi connectivity index (χ2v) is 7.17. The molecule has 6 heteroatoms. The molecule has 1 saturated carbocycles. The molecule has 0 spiro atoms. The van der Waals surface area contributed by atoms with Gasteiger partial charge in [0, 0.05) is 16.5 Å². The molecule has 2 aromatic carbocycles. The number of carbonyl (C=O) groups excluding carboxylic acids is 3. The highest BCUT2D eigenvalue weighted by Gasteiger charge is 2.35. The van der Waals surface area contributed by atoms with Crippen molar-refractivity contribution in [3.8, 4) is 0 Å². The van der Waals surface area contributed by atoms with Crippen LogP contribution in [0.15, 0.2) is 53.4 Å². The summed E-state index contributed by atoms with van der Waals surface area (Å²) in [4.78, 5) is 38.7. The Morgan fingerprint density at radius 3 is 2.36 bits per heavy atom. The molecule has 1 aliphatic carbocycles. The van der Waals surface area contributed by atoms with Crippen molar-refractivity contribution in [3.63, 3.8) is 0 Å². The highest BCUT2D eigenvalue weighted by molar-refractivity contribution is 7.99. The van der Waals surface area contributed by atoms with Crippen LogP contribution in [0.2, 0.25) is 0 Å². The summed E-state index contributed by atoms with van der Waals surface area (Å²) in [6.07, 6.45) is 1.92. The minimum atomic E-state index is -0.258. The molecule has 1 N–H and O–H groups in total. The number of imide groups is 1. The zero-order valence-electron chi connectivity index (χ0n) is 13.4. The van der Waals surface area contributed by atoms with Crippen LogP contribution in [-0.2, 0) is 4.79 Å². The van der Waals surface area contributed by atoms with Gasteiger partial charge < -0.3 is 5.32 Å². The predicted molar refractivity (Wildman–Crippen MR) is 95.5 cm³/mol. The van der Waals surface area contributed by atoms with Crippen molar-refractivity contribution in [1.82, 2.24) is 4.90 Å². The molecule has 0 aromatic heterocycles. The summed E-state index contributed by atoms with van der Waals surface area (Å²) in [5.74, 6) is -0.0680. The number of amides is 3. The number of nitrogens with one attached hydrogen (secondary N) is 1. The molecule has 126 valence electrons. The van der Waals surface area contributed by atoms with Crippen molar-refractivity contribution >= 4 is 35.2 Å². The fourth-order valence-corrected chi connectivity index (χ4v) is 3.65. The normalized spacial score (nSPS) is 16.1. The average molecular weight is 352 g/mol. The molecule has 4 rings (SSSR count). The molecule has 1 heterocycles. The molecule has 1 fully saturated rings. The Bertz CT molecular complexity index is 841. The van der Waals surface area contributed by atoms with Crippen molar-refractivity contribution < 1.29 is 14.4 Å². The zero-order valence-corrected chi connectivity index (χ0v) is 14.2.